The highest BCUT2D eigenvalue weighted by molar-refractivity contribution is 5.48. The van der Waals surface area contributed by atoms with Crippen LogP contribution in [0.5, 0.6) is 0 Å². The second-order valence-electron chi connectivity index (χ2n) is 5.97. The first-order valence-electron chi connectivity index (χ1n) is 8.02. The van der Waals surface area contributed by atoms with Crippen molar-refractivity contribution in [3.05, 3.63) is 53.4 Å². The van der Waals surface area contributed by atoms with Crippen LogP contribution in [0.15, 0.2) is 53.4 Å². The van der Waals surface area contributed by atoms with Crippen molar-refractivity contribution < 1.29 is 0 Å². The molecule has 1 saturated heterocycles. The monoisotopic (exact) mass is 321 g/mol. The highest BCUT2D eigenvalue weighted by Crippen LogP contribution is 2.20. The summed E-state index contributed by atoms with van der Waals surface area (Å²) in [4.78, 5) is 6.44. The Morgan fingerprint density at radius 2 is 1.62 bits per heavy atom. The third-order valence-corrected chi connectivity index (χ3v) is 4.27. The Balaban J connectivity index is 2.20. The average molecular weight is 321 g/mol. The molecule has 5 nitrogen and oxygen atoms in total. The summed E-state index contributed by atoms with van der Waals surface area (Å²) < 4.78 is 0. The summed E-state index contributed by atoms with van der Waals surface area (Å²) in [6.45, 7) is 5.29. The Morgan fingerprint density at radius 3 is 2.12 bits per heavy atom. The normalized spacial score (nSPS) is 14.6. The molecule has 1 aliphatic heterocycles. The van der Waals surface area contributed by atoms with Crippen molar-refractivity contribution in [3.63, 3.8) is 0 Å². The third-order valence-electron chi connectivity index (χ3n) is 4.27. The van der Waals surface area contributed by atoms with E-state index in [1.807, 2.05) is 62.3 Å². The fraction of sp³-hybridized carbons (Fsp3) is 0.368. The quantitative estimate of drug-likeness (QED) is 0.630. The Kier molecular flexibility index (Phi) is 5.87. The van der Waals surface area contributed by atoms with Crippen LogP contribution < -0.4 is 4.90 Å². The molecule has 1 aromatic rings. The summed E-state index contributed by atoms with van der Waals surface area (Å²) in [6, 6.07) is 14.4. The summed E-state index contributed by atoms with van der Waals surface area (Å²) in [6.07, 6.45) is 1.93. The highest BCUT2D eigenvalue weighted by atomic mass is 15.3. The molecule has 0 spiro atoms. The smallest absolute Gasteiger partial charge is 0.152 e. The molecule has 1 fully saturated rings. The molecule has 0 amide bonds. The molecule has 1 aliphatic rings. The van der Waals surface area contributed by atoms with E-state index in [1.165, 1.54) is 5.69 Å². The van der Waals surface area contributed by atoms with Gasteiger partial charge in [0.15, 0.2) is 5.57 Å². The minimum atomic E-state index is 0.171. The van der Waals surface area contributed by atoms with E-state index in [-0.39, 0.29) is 5.57 Å². The number of allylic oxidation sites excluding steroid dienone is 3. The molecule has 0 N–H and O–H groups in total. The second kappa shape index (κ2) is 8.08. The highest BCUT2D eigenvalue weighted by Gasteiger charge is 2.21. The van der Waals surface area contributed by atoms with Crippen LogP contribution in [0.4, 0.5) is 5.69 Å². The third kappa shape index (κ3) is 4.08. The number of rotatable bonds is 4. The summed E-state index contributed by atoms with van der Waals surface area (Å²) in [7, 11) is 3.91. The van der Waals surface area contributed by atoms with Crippen LogP contribution in [0.3, 0.4) is 0 Å². The van der Waals surface area contributed by atoms with Crippen molar-refractivity contribution in [3.8, 4) is 12.1 Å². The maximum atomic E-state index is 9.30. The van der Waals surface area contributed by atoms with Gasteiger partial charge in [-0.15, -0.1) is 0 Å². The van der Waals surface area contributed by atoms with Gasteiger partial charge in [0.25, 0.3) is 0 Å². The minimum absolute atomic E-state index is 0.171. The molecular formula is C19H23N5. The number of para-hydroxylation sites is 1. The predicted octanol–water partition coefficient (Wildman–Crippen LogP) is 2.58. The zero-order valence-electron chi connectivity index (χ0n) is 14.5. The van der Waals surface area contributed by atoms with Crippen LogP contribution in [0.2, 0.25) is 0 Å². The van der Waals surface area contributed by atoms with Gasteiger partial charge in [-0.2, -0.15) is 10.5 Å². The van der Waals surface area contributed by atoms with Gasteiger partial charge in [0.1, 0.15) is 12.1 Å². The number of nitriles is 2. The molecule has 1 aromatic carbocycles. The Bertz CT molecular complexity index is 680. The van der Waals surface area contributed by atoms with Crippen molar-refractivity contribution in [2.45, 2.75) is 6.92 Å². The topological polar surface area (TPSA) is 57.3 Å². The molecule has 0 radical (unpaired) electrons. The summed E-state index contributed by atoms with van der Waals surface area (Å²) in [5.41, 5.74) is 3.12. The molecule has 24 heavy (non-hydrogen) atoms. The van der Waals surface area contributed by atoms with Gasteiger partial charge in [0.05, 0.1) is 5.70 Å². The lowest BCUT2D eigenvalue weighted by Gasteiger charge is -2.38. The molecule has 2 rings (SSSR count). The van der Waals surface area contributed by atoms with E-state index in [2.05, 4.69) is 21.9 Å². The van der Waals surface area contributed by atoms with Gasteiger partial charge in [-0.25, -0.2) is 0 Å². The lowest BCUT2D eigenvalue weighted by atomic mass is 10.1. The van der Waals surface area contributed by atoms with Crippen molar-refractivity contribution in [1.82, 2.24) is 9.80 Å². The van der Waals surface area contributed by atoms with Crippen LogP contribution in [0.1, 0.15) is 6.92 Å². The molecule has 124 valence electrons. The van der Waals surface area contributed by atoms with Crippen molar-refractivity contribution >= 4 is 5.69 Å². The van der Waals surface area contributed by atoms with E-state index in [0.717, 1.165) is 37.6 Å². The molecule has 0 atom stereocenters. The fourth-order valence-electron chi connectivity index (χ4n) is 2.63. The van der Waals surface area contributed by atoms with Crippen LogP contribution in [0, 0.1) is 22.7 Å². The average Bonchev–Trinajstić information content (AvgIpc) is 2.62. The van der Waals surface area contributed by atoms with E-state index in [0.29, 0.717) is 0 Å². The van der Waals surface area contributed by atoms with Gasteiger partial charge < -0.3 is 14.7 Å². The molecular weight excluding hydrogens is 298 g/mol. The maximum Gasteiger partial charge on any atom is 0.152 e. The van der Waals surface area contributed by atoms with Crippen molar-refractivity contribution in [2.24, 2.45) is 0 Å². The van der Waals surface area contributed by atoms with E-state index in [1.54, 1.807) is 0 Å². The molecule has 0 bridgehead atoms. The molecule has 0 saturated carbocycles. The second-order valence-corrected chi connectivity index (χ2v) is 5.97. The Hall–Kier alpha value is -2.92. The number of nitrogens with zero attached hydrogens (tertiary/aromatic N) is 5. The van der Waals surface area contributed by atoms with E-state index < -0.39 is 0 Å². The van der Waals surface area contributed by atoms with Gasteiger partial charge >= 0.3 is 0 Å². The number of hydrogen-bond acceptors (Lipinski definition) is 5. The Morgan fingerprint density at radius 1 is 1.04 bits per heavy atom. The van der Waals surface area contributed by atoms with E-state index >= 15 is 0 Å². The molecule has 0 aromatic heterocycles. The standard InChI is InChI=1S/C19H23N5/c1-16(22(2)3)13-19(17(14-20)15-21)24-11-9-23(10-12-24)18-7-5-4-6-8-18/h4-8,13H,9-12H2,1-3H3. The number of anilines is 1. The number of hydrogen-bond donors (Lipinski definition) is 0. The largest absolute Gasteiger partial charge is 0.381 e. The molecule has 0 unspecified atom stereocenters. The summed E-state index contributed by atoms with van der Waals surface area (Å²) in [5.74, 6) is 0. The SMILES string of the molecule is CC(=CC(=C(C#N)C#N)N1CCN(c2ccccc2)CC1)N(C)C. The van der Waals surface area contributed by atoms with Crippen LogP contribution in [-0.4, -0.2) is 50.1 Å². The zero-order chi connectivity index (χ0) is 17.5. The first kappa shape index (κ1) is 17.4. The molecule has 1 heterocycles. The van der Waals surface area contributed by atoms with E-state index in [4.69, 9.17) is 0 Å². The van der Waals surface area contributed by atoms with Crippen molar-refractivity contribution in [2.75, 3.05) is 45.2 Å². The van der Waals surface area contributed by atoms with E-state index in [9.17, 15) is 10.5 Å². The molecule has 0 aliphatic carbocycles. The summed E-state index contributed by atoms with van der Waals surface area (Å²) >= 11 is 0. The van der Waals surface area contributed by atoms with Crippen LogP contribution >= 0.6 is 0 Å². The van der Waals surface area contributed by atoms with Crippen molar-refractivity contribution in [1.29, 1.82) is 10.5 Å². The first-order valence-corrected chi connectivity index (χ1v) is 8.02. The van der Waals surface area contributed by atoms with Gasteiger partial charge in [-0.3, -0.25) is 0 Å². The number of benzene rings is 1. The van der Waals surface area contributed by atoms with Gasteiger partial charge in [0, 0.05) is 51.7 Å². The van der Waals surface area contributed by atoms with Gasteiger partial charge in [0.2, 0.25) is 0 Å². The van der Waals surface area contributed by atoms with Gasteiger partial charge in [-0.1, -0.05) is 18.2 Å². The lowest BCUT2D eigenvalue weighted by molar-refractivity contribution is 0.328. The number of piperazine rings is 1. The van der Waals surface area contributed by atoms with Crippen LogP contribution in [0.25, 0.3) is 0 Å². The minimum Gasteiger partial charge on any atom is -0.381 e. The maximum absolute atomic E-state index is 9.30. The summed E-state index contributed by atoms with van der Waals surface area (Å²) in [5, 5.41) is 18.6. The predicted molar refractivity (Wildman–Crippen MR) is 95.9 cm³/mol. The zero-order valence-corrected chi connectivity index (χ0v) is 14.5. The van der Waals surface area contributed by atoms with Crippen LogP contribution in [-0.2, 0) is 0 Å². The fourth-order valence-corrected chi connectivity index (χ4v) is 2.63. The first-order chi connectivity index (χ1) is 11.6. The Labute approximate surface area is 144 Å². The molecule has 5 heteroatoms. The lowest BCUT2D eigenvalue weighted by Crippen LogP contribution is -2.46. The van der Waals surface area contributed by atoms with Gasteiger partial charge in [-0.05, 0) is 25.1 Å².